The van der Waals surface area contributed by atoms with Gasteiger partial charge >= 0.3 is 6.18 Å². The summed E-state index contributed by atoms with van der Waals surface area (Å²) in [4.78, 5) is 25.7. The van der Waals surface area contributed by atoms with E-state index in [1.165, 1.54) is 6.07 Å². The SMILES string of the molecule is CN1CCN(c2ccc(Nc3ncc(C(F)(F)F)c(-c4cc5c(s4)NCCNC5=O)n3)c(C3CC3)c2)CC1. The van der Waals surface area contributed by atoms with Gasteiger partial charge in [0.15, 0.2) is 0 Å². The molecule has 1 amide bonds. The van der Waals surface area contributed by atoms with Crippen LogP contribution >= 0.6 is 11.3 Å². The number of nitrogens with one attached hydrogen (secondary N) is 3. The fraction of sp³-hybridized carbons (Fsp3) is 0.423. The minimum atomic E-state index is -4.64. The van der Waals surface area contributed by atoms with E-state index >= 15 is 0 Å². The Morgan fingerprint density at radius 2 is 1.84 bits per heavy atom. The van der Waals surface area contributed by atoms with Gasteiger partial charge in [-0.25, -0.2) is 9.97 Å². The highest BCUT2D eigenvalue weighted by molar-refractivity contribution is 7.19. The Hall–Kier alpha value is -3.38. The van der Waals surface area contributed by atoms with Crippen molar-refractivity contribution in [3.63, 3.8) is 0 Å². The van der Waals surface area contributed by atoms with E-state index in [0.717, 1.165) is 73.5 Å². The van der Waals surface area contributed by atoms with Crippen LogP contribution in [0.3, 0.4) is 0 Å². The number of rotatable bonds is 5. The van der Waals surface area contributed by atoms with Gasteiger partial charge in [0.05, 0.1) is 16.1 Å². The molecule has 2 aromatic heterocycles. The Labute approximate surface area is 222 Å². The van der Waals surface area contributed by atoms with Gasteiger partial charge in [-0.05, 0) is 55.6 Å². The molecule has 2 aliphatic heterocycles. The van der Waals surface area contributed by atoms with Gasteiger partial charge in [-0.15, -0.1) is 11.3 Å². The number of benzene rings is 1. The number of likely N-dealkylation sites (N-methyl/N-ethyl adjacent to an activating group) is 1. The van der Waals surface area contributed by atoms with E-state index in [2.05, 4.69) is 48.8 Å². The van der Waals surface area contributed by atoms with Crippen LogP contribution < -0.4 is 20.9 Å². The van der Waals surface area contributed by atoms with Gasteiger partial charge < -0.3 is 25.8 Å². The molecule has 0 unspecified atom stereocenters. The van der Waals surface area contributed by atoms with Crippen LogP contribution in [0.25, 0.3) is 10.6 Å². The van der Waals surface area contributed by atoms with Crippen LogP contribution in [0.2, 0.25) is 0 Å². The lowest BCUT2D eigenvalue weighted by molar-refractivity contribution is -0.137. The van der Waals surface area contributed by atoms with Crippen LogP contribution in [0, 0.1) is 0 Å². The van der Waals surface area contributed by atoms with Crippen molar-refractivity contribution < 1.29 is 18.0 Å². The number of fused-ring (bicyclic) bond motifs is 1. The normalized spacial score (nSPS) is 18.4. The average Bonchev–Trinajstić information content (AvgIpc) is 3.68. The highest BCUT2D eigenvalue weighted by atomic mass is 32.1. The van der Waals surface area contributed by atoms with Crippen LogP contribution in [-0.4, -0.2) is 67.1 Å². The molecule has 12 heteroatoms. The van der Waals surface area contributed by atoms with Crippen LogP contribution in [0.4, 0.5) is 35.5 Å². The van der Waals surface area contributed by atoms with Crippen LogP contribution in [0.1, 0.15) is 40.2 Å². The minimum Gasteiger partial charge on any atom is -0.374 e. The molecule has 38 heavy (non-hydrogen) atoms. The molecule has 1 aromatic carbocycles. The predicted octanol–water partition coefficient (Wildman–Crippen LogP) is 4.75. The number of carbonyl (C=O) groups is 1. The van der Waals surface area contributed by atoms with Crippen LogP contribution in [0.5, 0.6) is 0 Å². The van der Waals surface area contributed by atoms with Crippen molar-refractivity contribution in [3.8, 4) is 10.6 Å². The number of carbonyl (C=O) groups excluding carboxylic acids is 1. The Morgan fingerprint density at radius 1 is 1.08 bits per heavy atom. The average molecular weight is 544 g/mol. The van der Waals surface area contributed by atoms with Crippen molar-refractivity contribution in [1.29, 1.82) is 0 Å². The summed E-state index contributed by atoms with van der Waals surface area (Å²) < 4.78 is 41.8. The number of aromatic nitrogens is 2. The molecular weight excluding hydrogens is 515 g/mol. The summed E-state index contributed by atoms with van der Waals surface area (Å²) in [5.41, 5.74) is 2.23. The zero-order valence-corrected chi connectivity index (χ0v) is 21.7. The molecule has 4 heterocycles. The molecule has 3 aliphatic rings. The Balaban J connectivity index is 1.34. The number of thiophene rings is 1. The van der Waals surface area contributed by atoms with Gasteiger partial charge in [0.25, 0.3) is 5.91 Å². The molecule has 2 fully saturated rings. The van der Waals surface area contributed by atoms with Gasteiger partial charge in [-0.3, -0.25) is 4.79 Å². The van der Waals surface area contributed by atoms with E-state index in [4.69, 9.17) is 0 Å². The molecule has 1 saturated heterocycles. The third-order valence-electron chi connectivity index (χ3n) is 7.17. The first kappa shape index (κ1) is 24.9. The molecule has 3 aromatic rings. The summed E-state index contributed by atoms with van der Waals surface area (Å²) >= 11 is 1.09. The zero-order chi connectivity index (χ0) is 26.4. The maximum absolute atomic E-state index is 13.9. The number of amides is 1. The number of anilines is 4. The fourth-order valence-corrected chi connectivity index (χ4v) is 5.95. The monoisotopic (exact) mass is 543 g/mol. The number of halogens is 3. The molecule has 8 nitrogen and oxygen atoms in total. The van der Waals surface area contributed by atoms with Gasteiger partial charge in [-0.2, -0.15) is 13.2 Å². The lowest BCUT2D eigenvalue weighted by Crippen LogP contribution is -2.44. The second kappa shape index (κ2) is 9.73. The summed E-state index contributed by atoms with van der Waals surface area (Å²) in [6.45, 7) is 4.86. The Morgan fingerprint density at radius 3 is 2.58 bits per heavy atom. The molecule has 0 bridgehead atoms. The quantitative estimate of drug-likeness (QED) is 0.428. The first-order valence-corrected chi connectivity index (χ1v) is 13.5. The number of nitrogens with zero attached hydrogens (tertiary/aromatic N) is 4. The second-order valence-corrected chi connectivity index (χ2v) is 11.0. The molecule has 0 spiro atoms. The summed E-state index contributed by atoms with van der Waals surface area (Å²) in [6.07, 6.45) is -1.67. The molecule has 3 N–H and O–H groups in total. The van der Waals surface area contributed by atoms with E-state index in [1.54, 1.807) is 0 Å². The minimum absolute atomic E-state index is 0.0863. The van der Waals surface area contributed by atoms with Crippen molar-refractivity contribution >= 4 is 39.6 Å². The lowest BCUT2D eigenvalue weighted by Gasteiger charge is -2.34. The van der Waals surface area contributed by atoms with Gasteiger partial charge in [-0.1, -0.05) is 0 Å². The van der Waals surface area contributed by atoms with E-state index in [9.17, 15) is 18.0 Å². The van der Waals surface area contributed by atoms with Crippen molar-refractivity contribution in [2.24, 2.45) is 0 Å². The number of piperazine rings is 1. The maximum atomic E-state index is 13.9. The second-order valence-electron chi connectivity index (χ2n) is 9.95. The molecule has 200 valence electrons. The topological polar surface area (TPSA) is 85.4 Å². The van der Waals surface area contributed by atoms with Crippen molar-refractivity contribution in [1.82, 2.24) is 20.2 Å². The number of hydrogen-bond acceptors (Lipinski definition) is 8. The third-order valence-corrected chi connectivity index (χ3v) is 8.27. The van der Waals surface area contributed by atoms with Gasteiger partial charge in [0.2, 0.25) is 5.95 Å². The van der Waals surface area contributed by atoms with Crippen LogP contribution in [-0.2, 0) is 6.18 Å². The van der Waals surface area contributed by atoms with Crippen molar-refractivity contribution in [3.05, 3.63) is 47.2 Å². The molecule has 0 radical (unpaired) electrons. The first-order valence-electron chi connectivity index (χ1n) is 12.7. The first-order chi connectivity index (χ1) is 18.3. The Kier molecular flexibility index (Phi) is 6.39. The largest absolute Gasteiger partial charge is 0.420 e. The summed E-state index contributed by atoms with van der Waals surface area (Å²) in [7, 11) is 2.12. The zero-order valence-electron chi connectivity index (χ0n) is 20.9. The highest BCUT2D eigenvalue weighted by Crippen LogP contribution is 2.46. The molecular formula is C26H28F3N7OS. The van der Waals surface area contributed by atoms with Gasteiger partial charge in [0, 0.05) is 56.8 Å². The van der Waals surface area contributed by atoms with Gasteiger partial charge in [0.1, 0.15) is 10.6 Å². The van der Waals surface area contributed by atoms with Crippen molar-refractivity contribution in [2.45, 2.75) is 24.9 Å². The molecule has 1 aliphatic carbocycles. The smallest absolute Gasteiger partial charge is 0.374 e. The van der Waals surface area contributed by atoms with E-state index < -0.39 is 11.7 Å². The number of alkyl halides is 3. The van der Waals surface area contributed by atoms with E-state index in [1.807, 2.05) is 12.1 Å². The standard InChI is InChI=1S/C26H28F3N7OS/c1-35-8-10-36(11-9-35)16-4-5-20(17(12-16)15-2-3-15)33-25-32-14-19(26(27,28)29)22(34-25)21-13-18-23(37)30-6-7-31-24(18)38-21/h4-5,12-15,31H,2-3,6-11H2,1H3,(H,30,37)(H,32,33,34). The Bertz CT molecular complexity index is 1360. The lowest BCUT2D eigenvalue weighted by atomic mass is 10.1. The number of hydrogen-bond donors (Lipinski definition) is 3. The van der Waals surface area contributed by atoms with E-state index in [0.29, 0.717) is 29.6 Å². The third kappa shape index (κ3) is 5.02. The highest BCUT2D eigenvalue weighted by Gasteiger charge is 2.37. The molecule has 1 saturated carbocycles. The molecule has 6 rings (SSSR count). The van der Waals surface area contributed by atoms with E-state index in [-0.39, 0.29) is 22.4 Å². The van der Waals surface area contributed by atoms with Crippen molar-refractivity contribution in [2.75, 3.05) is 61.8 Å². The summed E-state index contributed by atoms with van der Waals surface area (Å²) in [5.74, 6) is 0.183. The molecule has 0 atom stereocenters. The summed E-state index contributed by atoms with van der Waals surface area (Å²) in [5, 5.41) is 9.58. The maximum Gasteiger partial charge on any atom is 0.420 e. The predicted molar refractivity (Wildman–Crippen MR) is 143 cm³/mol. The summed E-state index contributed by atoms with van der Waals surface area (Å²) in [6, 6.07) is 7.68. The van der Waals surface area contributed by atoms with Crippen LogP contribution in [0.15, 0.2) is 30.5 Å². The fourth-order valence-electron chi connectivity index (χ4n) is 4.87.